The van der Waals surface area contributed by atoms with E-state index >= 15 is 0 Å². The summed E-state index contributed by atoms with van der Waals surface area (Å²) in [5.41, 5.74) is 2.93. The SMILES string of the molecule is COc1ccc(CNC(=O)C2CCN(c3ncnc4c3nc3n4CCCCC3)CC2)cc1. The smallest absolute Gasteiger partial charge is 0.223 e. The first-order valence-electron chi connectivity index (χ1n) is 11.6. The van der Waals surface area contributed by atoms with Crippen molar-refractivity contribution in [2.75, 3.05) is 25.1 Å². The Hall–Kier alpha value is -3.16. The summed E-state index contributed by atoms with van der Waals surface area (Å²) in [5.74, 6) is 3.02. The van der Waals surface area contributed by atoms with Gasteiger partial charge in [-0.2, -0.15) is 0 Å². The summed E-state index contributed by atoms with van der Waals surface area (Å²) >= 11 is 0. The molecule has 168 valence electrons. The Kier molecular flexibility index (Phi) is 5.92. The summed E-state index contributed by atoms with van der Waals surface area (Å²) in [4.78, 5) is 29.0. The number of piperidine rings is 1. The summed E-state index contributed by atoms with van der Waals surface area (Å²) in [7, 11) is 1.65. The molecule has 2 aliphatic rings. The Morgan fingerprint density at radius 1 is 1.09 bits per heavy atom. The molecule has 0 bridgehead atoms. The van der Waals surface area contributed by atoms with Gasteiger partial charge in [0.15, 0.2) is 17.0 Å². The maximum Gasteiger partial charge on any atom is 0.223 e. The first-order chi connectivity index (χ1) is 15.7. The highest BCUT2D eigenvalue weighted by Gasteiger charge is 2.28. The molecule has 1 aromatic carbocycles. The fourth-order valence-corrected chi connectivity index (χ4v) is 4.79. The third-order valence-electron chi connectivity index (χ3n) is 6.66. The lowest BCUT2D eigenvalue weighted by Crippen LogP contribution is -2.40. The molecule has 2 aliphatic heterocycles. The van der Waals surface area contributed by atoms with Gasteiger partial charge >= 0.3 is 0 Å². The van der Waals surface area contributed by atoms with Gasteiger partial charge in [0.2, 0.25) is 5.91 Å². The second-order valence-electron chi connectivity index (χ2n) is 8.69. The Morgan fingerprint density at radius 2 is 1.91 bits per heavy atom. The molecular formula is C24H30N6O2. The van der Waals surface area contributed by atoms with E-state index in [1.807, 2.05) is 24.3 Å². The van der Waals surface area contributed by atoms with Gasteiger partial charge in [0.1, 0.15) is 17.9 Å². The number of fused-ring (bicyclic) bond motifs is 3. The van der Waals surface area contributed by atoms with Crippen LogP contribution in [0.4, 0.5) is 5.82 Å². The minimum absolute atomic E-state index is 0.0283. The number of methoxy groups -OCH3 is 1. The van der Waals surface area contributed by atoms with Gasteiger partial charge in [-0.15, -0.1) is 0 Å². The highest BCUT2D eigenvalue weighted by molar-refractivity contribution is 5.84. The van der Waals surface area contributed by atoms with Gasteiger partial charge < -0.3 is 19.5 Å². The van der Waals surface area contributed by atoms with E-state index < -0.39 is 0 Å². The normalized spacial score (nSPS) is 17.1. The highest BCUT2D eigenvalue weighted by Crippen LogP contribution is 2.29. The molecule has 32 heavy (non-hydrogen) atoms. The van der Waals surface area contributed by atoms with Crippen molar-refractivity contribution in [3.63, 3.8) is 0 Å². The topological polar surface area (TPSA) is 85.2 Å². The van der Waals surface area contributed by atoms with Crippen LogP contribution in [0.2, 0.25) is 0 Å². The third-order valence-corrected chi connectivity index (χ3v) is 6.66. The maximum atomic E-state index is 12.7. The molecule has 8 nitrogen and oxygen atoms in total. The number of anilines is 1. The van der Waals surface area contributed by atoms with Gasteiger partial charge in [-0.05, 0) is 43.4 Å². The average molecular weight is 435 g/mol. The lowest BCUT2D eigenvalue weighted by molar-refractivity contribution is -0.125. The number of nitrogens with one attached hydrogen (secondary N) is 1. The number of imidazole rings is 1. The summed E-state index contributed by atoms with van der Waals surface area (Å²) < 4.78 is 7.46. The molecule has 1 saturated heterocycles. The fraction of sp³-hybridized carbons (Fsp3) is 0.500. The van der Waals surface area contributed by atoms with Crippen LogP contribution in [0.25, 0.3) is 11.2 Å². The Morgan fingerprint density at radius 3 is 2.69 bits per heavy atom. The van der Waals surface area contributed by atoms with Crippen molar-refractivity contribution < 1.29 is 9.53 Å². The number of carbonyl (C=O) groups is 1. The molecule has 0 radical (unpaired) electrons. The summed E-state index contributed by atoms with van der Waals surface area (Å²) in [6.45, 7) is 3.12. The number of aromatic nitrogens is 4. The predicted molar refractivity (Wildman–Crippen MR) is 123 cm³/mol. The van der Waals surface area contributed by atoms with E-state index in [1.54, 1.807) is 13.4 Å². The van der Waals surface area contributed by atoms with Crippen LogP contribution in [0.15, 0.2) is 30.6 Å². The quantitative estimate of drug-likeness (QED) is 0.664. The molecule has 0 spiro atoms. The molecule has 1 fully saturated rings. The monoisotopic (exact) mass is 434 g/mol. The number of ether oxygens (including phenoxy) is 1. The van der Waals surface area contributed by atoms with E-state index in [9.17, 15) is 4.79 Å². The number of aryl methyl sites for hydroxylation is 2. The summed E-state index contributed by atoms with van der Waals surface area (Å²) in [6, 6.07) is 7.79. The van der Waals surface area contributed by atoms with Gasteiger partial charge in [0.05, 0.1) is 7.11 Å². The zero-order valence-electron chi connectivity index (χ0n) is 18.6. The van der Waals surface area contributed by atoms with Gasteiger partial charge in [-0.3, -0.25) is 4.79 Å². The van der Waals surface area contributed by atoms with Crippen LogP contribution >= 0.6 is 0 Å². The van der Waals surface area contributed by atoms with Crippen LogP contribution < -0.4 is 15.0 Å². The molecule has 0 saturated carbocycles. The molecule has 0 aliphatic carbocycles. The largest absolute Gasteiger partial charge is 0.497 e. The molecule has 1 amide bonds. The van der Waals surface area contributed by atoms with Crippen molar-refractivity contribution in [3.8, 4) is 5.75 Å². The van der Waals surface area contributed by atoms with Gasteiger partial charge in [0.25, 0.3) is 0 Å². The summed E-state index contributed by atoms with van der Waals surface area (Å²) in [5, 5.41) is 3.09. The number of hydrogen-bond acceptors (Lipinski definition) is 6. The van der Waals surface area contributed by atoms with Crippen molar-refractivity contribution in [2.24, 2.45) is 5.92 Å². The molecule has 5 rings (SSSR count). The lowest BCUT2D eigenvalue weighted by Gasteiger charge is -2.32. The Labute approximate surface area is 188 Å². The van der Waals surface area contributed by atoms with Crippen LogP contribution in [-0.4, -0.2) is 45.6 Å². The fourth-order valence-electron chi connectivity index (χ4n) is 4.79. The number of amides is 1. The maximum absolute atomic E-state index is 12.7. The van der Waals surface area contributed by atoms with Crippen LogP contribution in [0.5, 0.6) is 5.75 Å². The summed E-state index contributed by atoms with van der Waals surface area (Å²) in [6.07, 6.45) is 7.90. The predicted octanol–water partition coefficient (Wildman–Crippen LogP) is 3.09. The Bertz CT molecular complexity index is 1090. The van der Waals surface area contributed by atoms with Crippen LogP contribution in [0, 0.1) is 5.92 Å². The van der Waals surface area contributed by atoms with Crippen LogP contribution in [-0.2, 0) is 24.3 Å². The second-order valence-corrected chi connectivity index (χ2v) is 8.69. The number of rotatable bonds is 5. The highest BCUT2D eigenvalue weighted by atomic mass is 16.5. The van der Waals surface area contributed by atoms with Crippen molar-refractivity contribution in [2.45, 2.75) is 51.6 Å². The van der Waals surface area contributed by atoms with E-state index in [1.165, 1.54) is 19.3 Å². The van der Waals surface area contributed by atoms with Crippen LogP contribution in [0.3, 0.4) is 0 Å². The third kappa shape index (κ3) is 4.13. The molecular weight excluding hydrogens is 404 g/mol. The molecule has 1 N–H and O–H groups in total. The number of carbonyl (C=O) groups excluding carboxylic acids is 1. The standard InChI is InChI=1S/C24H30N6O2/c1-32-19-8-6-17(7-9-19)15-25-24(31)18-10-13-29(14-11-18)22-21-23(27-16-26-22)30-12-4-2-3-5-20(30)28-21/h6-9,16,18H,2-5,10-15H2,1H3,(H,25,31). The zero-order chi connectivity index (χ0) is 21.9. The minimum Gasteiger partial charge on any atom is -0.497 e. The van der Waals surface area contributed by atoms with Crippen molar-refractivity contribution in [1.82, 2.24) is 24.8 Å². The van der Waals surface area contributed by atoms with Gasteiger partial charge in [-0.25, -0.2) is 15.0 Å². The molecule has 4 heterocycles. The molecule has 0 unspecified atom stereocenters. The number of nitrogens with zero attached hydrogens (tertiary/aromatic N) is 5. The van der Waals surface area contributed by atoms with Crippen molar-refractivity contribution in [3.05, 3.63) is 42.0 Å². The average Bonchev–Trinajstić information content (AvgIpc) is 3.03. The van der Waals surface area contributed by atoms with E-state index in [0.29, 0.717) is 6.54 Å². The first-order valence-corrected chi connectivity index (χ1v) is 11.6. The van der Waals surface area contributed by atoms with Crippen molar-refractivity contribution in [1.29, 1.82) is 0 Å². The minimum atomic E-state index is 0.0283. The molecule has 3 aromatic rings. The molecule has 0 atom stereocenters. The molecule has 2 aromatic heterocycles. The van der Waals surface area contributed by atoms with Gasteiger partial charge in [0, 0.05) is 38.5 Å². The van der Waals surface area contributed by atoms with E-state index in [-0.39, 0.29) is 11.8 Å². The van der Waals surface area contributed by atoms with E-state index in [4.69, 9.17) is 9.72 Å². The van der Waals surface area contributed by atoms with Crippen LogP contribution in [0.1, 0.15) is 43.5 Å². The number of benzene rings is 1. The lowest BCUT2D eigenvalue weighted by atomic mass is 9.95. The first kappa shape index (κ1) is 20.7. The van der Waals surface area contributed by atoms with E-state index in [2.05, 4.69) is 24.8 Å². The van der Waals surface area contributed by atoms with Gasteiger partial charge in [-0.1, -0.05) is 18.6 Å². The zero-order valence-corrected chi connectivity index (χ0v) is 18.6. The van der Waals surface area contributed by atoms with E-state index in [0.717, 1.165) is 73.0 Å². The second kappa shape index (κ2) is 9.14. The Balaban J connectivity index is 1.22. The van der Waals surface area contributed by atoms with Crippen molar-refractivity contribution >= 4 is 22.9 Å². The molecule has 8 heteroatoms. The number of hydrogen-bond donors (Lipinski definition) is 1.